The lowest BCUT2D eigenvalue weighted by atomic mass is 9.85. The summed E-state index contributed by atoms with van der Waals surface area (Å²) in [6.45, 7) is 24.1. The van der Waals surface area contributed by atoms with E-state index in [-0.39, 0.29) is 56.3 Å². The highest BCUT2D eigenvalue weighted by Gasteiger charge is 2.43. The van der Waals surface area contributed by atoms with Crippen LogP contribution in [-0.2, 0) is 41.6 Å². The van der Waals surface area contributed by atoms with Crippen molar-refractivity contribution in [1.82, 2.24) is 30.8 Å². The van der Waals surface area contributed by atoms with E-state index in [1.165, 1.54) is 0 Å². The van der Waals surface area contributed by atoms with Gasteiger partial charge in [-0.3, -0.25) is 19.2 Å². The lowest BCUT2D eigenvalue weighted by Gasteiger charge is -2.37. The molecule has 5 N–H and O–H groups in total. The Labute approximate surface area is 463 Å². The van der Waals surface area contributed by atoms with E-state index in [2.05, 4.69) is 74.7 Å². The van der Waals surface area contributed by atoms with E-state index in [4.69, 9.17) is 23.7 Å². The predicted octanol–water partition coefficient (Wildman–Crippen LogP) is 7.56. The minimum absolute atomic E-state index is 0.111. The van der Waals surface area contributed by atoms with Gasteiger partial charge in [0.25, 0.3) is 11.5 Å². The fraction of sp³-hybridized carbons (Fsp3) is 0.483. The first kappa shape index (κ1) is 59.3. The number of β-amino-alcohol motifs (C(OH)–C–C–N with tert-alkyl or cyclic N) is 1. The number of anilines is 1. The predicted molar refractivity (Wildman–Crippen MR) is 305 cm³/mol. The number of benzene rings is 3. The van der Waals surface area contributed by atoms with Crippen molar-refractivity contribution >= 4 is 34.7 Å². The number of pyridine rings is 1. The molecule has 18 heteroatoms. The molecular formula is C60H79N7O10S. The van der Waals surface area contributed by atoms with Gasteiger partial charge >= 0.3 is 0 Å². The number of carbonyl (C=O) groups excluding carboxylic acids is 3. The number of hydrogen-bond donors (Lipinski definition) is 5. The molecule has 4 heterocycles. The summed E-state index contributed by atoms with van der Waals surface area (Å²) >= 11 is 1.61. The molecular weight excluding hydrogens is 1010 g/mol. The zero-order chi connectivity index (χ0) is 55.9. The van der Waals surface area contributed by atoms with Crippen molar-refractivity contribution in [2.75, 3.05) is 77.5 Å². The maximum Gasteiger partial charge on any atom is 0.253 e. The number of nitrogens with one attached hydrogen (secondary N) is 4. The molecule has 2 aliphatic rings. The van der Waals surface area contributed by atoms with Crippen LogP contribution < -0.4 is 31.1 Å². The highest BCUT2D eigenvalue weighted by atomic mass is 32.1. The first-order valence-corrected chi connectivity index (χ1v) is 27.9. The summed E-state index contributed by atoms with van der Waals surface area (Å²) in [5.74, 6) is -0.299. The zero-order valence-electron chi connectivity index (χ0n) is 46.6. The summed E-state index contributed by atoms with van der Waals surface area (Å²) in [6.07, 6.45) is 1.42. The molecule has 3 atom stereocenters. The number of likely N-dealkylation sites (tertiary alicyclic amines) is 1. The van der Waals surface area contributed by atoms with Crippen molar-refractivity contribution in [3.05, 3.63) is 134 Å². The number of ether oxygens (including phenoxy) is 5. The summed E-state index contributed by atoms with van der Waals surface area (Å²) in [6, 6.07) is 21.0. The van der Waals surface area contributed by atoms with Crippen molar-refractivity contribution in [1.29, 1.82) is 0 Å². The molecule has 2 aromatic heterocycles. The summed E-state index contributed by atoms with van der Waals surface area (Å²) in [7, 11) is 0. The smallest absolute Gasteiger partial charge is 0.253 e. The molecule has 2 aliphatic heterocycles. The van der Waals surface area contributed by atoms with Gasteiger partial charge in [-0.25, -0.2) is 4.98 Å². The third-order valence-corrected chi connectivity index (χ3v) is 15.3. The van der Waals surface area contributed by atoms with E-state index in [9.17, 15) is 24.3 Å². The fourth-order valence-electron chi connectivity index (χ4n) is 10.0. The Hall–Kier alpha value is -6.41. The molecule has 5 aromatic rings. The average molecular weight is 1090 g/mol. The Balaban J connectivity index is 0.816. The molecule has 2 saturated heterocycles. The monoisotopic (exact) mass is 1090 g/mol. The van der Waals surface area contributed by atoms with Gasteiger partial charge in [0, 0.05) is 80.1 Å². The molecule has 78 heavy (non-hydrogen) atoms. The lowest BCUT2D eigenvalue weighted by molar-refractivity contribution is -0.141. The van der Waals surface area contributed by atoms with E-state index < -0.39 is 29.5 Å². The number of aromatic amines is 1. The van der Waals surface area contributed by atoms with Crippen LogP contribution >= 0.6 is 11.3 Å². The summed E-state index contributed by atoms with van der Waals surface area (Å²) in [5.41, 5.74) is 11.2. The number of amides is 3. The number of carbonyl (C=O) groups is 3. The second kappa shape index (κ2) is 28.0. The molecule has 7 rings (SSSR count). The van der Waals surface area contributed by atoms with Gasteiger partial charge in [0.15, 0.2) is 0 Å². The standard InChI is InChI=1S/C60H79N7O10S/c1-10-66(47-19-21-73-22-20-47)52-31-46(30-50(40(52)4)57(70)62-34-51-38(2)29-39(3)64-58(51)71)44-15-17-49(18-16-44)77-28-27-75-24-23-74-25-26-76-36-54(69)65-56(60(7,8)9)59(72)67-35-48(68)32-53(67)41(5)61-33-43-11-13-45(14-12-43)55-42(6)63-37-78-55/h11-18,29-31,37,47-48,53,56,61,68H,5,10,19-28,32-36H2,1-4,6-9H3,(H,62,70)(H,64,71)(H,65,69)/t48?,53-,56+/m0/s1. The number of hydrogen-bond acceptors (Lipinski definition) is 14. The summed E-state index contributed by atoms with van der Waals surface area (Å²) in [5, 5.41) is 20.0. The van der Waals surface area contributed by atoms with Gasteiger partial charge in [-0.1, -0.05) is 63.7 Å². The second-order valence-corrected chi connectivity index (χ2v) is 22.0. The minimum atomic E-state index is -0.869. The van der Waals surface area contributed by atoms with Crippen LogP contribution in [0.5, 0.6) is 5.75 Å². The molecule has 0 bridgehead atoms. The van der Waals surface area contributed by atoms with E-state index >= 15 is 0 Å². The number of nitrogens with zero attached hydrogens (tertiary/aromatic N) is 3. The van der Waals surface area contributed by atoms with Gasteiger partial charge in [0.05, 0.1) is 61.3 Å². The largest absolute Gasteiger partial charge is 0.491 e. The van der Waals surface area contributed by atoms with Gasteiger partial charge in [-0.15, -0.1) is 11.3 Å². The molecule has 17 nitrogen and oxygen atoms in total. The highest BCUT2D eigenvalue weighted by Crippen LogP contribution is 2.35. The van der Waals surface area contributed by atoms with Crippen molar-refractivity contribution < 1.29 is 43.2 Å². The van der Waals surface area contributed by atoms with Crippen LogP contribution in [-0.4, -0.2) is 134 Å². The minimum Gasteiger partial charge on any atom is -0.491 e. The van der Waals surface area contributed by atoms with E-state index in [0.717, 1.165) is 74.7 Å². The van der Waals surface area contributed by atoms with Gasteiger partial charge in [-0.2, -0.15) is 0 Å². The van der Waals surface area contributed by atoms with Gasteiger partial charge < -0.3 is 59.5 Å². The molecule has 0 spiro atoms. The van der Waals surface area contributed by atoms with E-state index in [0.29, 0.717) is 75.2 Å². The molecule has 0 saturated carbocycles. The van der Waals surface area contributed by atoms with Crippen molar-refractivity contribution in [2.45, 2.75) is 112 Å². The van der Waals surface area contributed by atoms with Crippen molar-refractivity contribution in [2.24, 2.45) is 5.41 Å². The van der Waals surface area contributed by atoms with Crippen LogP contribution in [0, 0.1) is 33.1 Å². The Morgan fingerprint density at radius 3 is 2.19 bits per heavy atom. The highest BCUT2D eigenvalue weighted by molar-refractivity contribution is 7.13. The number of H-pyrrole nitrogens is 1. The van der Waals surface area contributed by atoms with Crippen molar-refractivity contribution in [3.63, 3.8) is 0 Å². The molecule has 0 aliphatic carbocycles. The summed E-state index contributed by atoms with van der Waals surface area (Å²) in [4.78, 5) is 66.3. The summed E-state index contributed by atoms with van der Waals surface area (Å²) < 4.78 is 28.7. The number of aliphatic hydroxyl groups is 1. The second-order valence-electron chi connectivity index (χ2n) is 21.2. The van der Waals surface area contributed by atoms with Crippen LogP contribution in [0.15, 0.2) is 89.3 Å². The number of aryl methyl sites for hydroxylation is 3. The molecule has 3 aromatic carbocycles. The SMILES string of the molecule is C=C(NCc1ccc(-c2scnc2C)cc1)[C@@H]1CC(O)CN1C(=O)[C@@H](NC(=O)COCCOCCOCCOc1ccc(-c2cc(C(=O)NCc3c(C)cc(C)[nH]c3=O)c(C)c(N(CC)C3CCOCC3)c2)cc1)C(C)(C)C. The van der Waals surface area contributed by atoms with Crippen LogP contribution in [0.25, 0.3) is 21.6 Å². The Bertz CT molecular complexity index is 2870. The number of thiazole rings is 1. The lowest BCUT2D eigenvalue weighted by Crippen LogP contribution is -2.57. The maximum absolute atomic E-state index is 14.1. The fourth-order valence-corrected chi connectivity index (χ4v) is 10.9. The normalized spacial score (nSPS) is 16.2. The van der Waals surface area contributed by atoms with Crippen LogP contribution in [0.2, 0.25) is 0 Å². The first-order valence-electron chi connectivity index (χ1n) is 27.0. The zero-order valence-corrected chi connectivity index (χ0v) is 47.4. The topological polar surface area (TPSA) is 206 Å². The third kappa shape index (κ3) is 15.9. The molecule has 0 radical (unpaired) electrons. The first-order chi connectivity index (χ1) is 37.4. The molecule has 420 valence electrons. The number of rotatable bonds is 26. The van der Waals surface area contributed by atoms with Crippen molar-refractivity contribution in [3.8, 4) is 27.3 Å². The molecule has 1 unspecified atom stereocenters. The third-order valence-electron chi connectivity index (χ3n) is 14.4. The number of aliphatic hydroxyl groups excluding tert-OH is 1. The maximum atomic E-state index is 14.1. The van der Waals surface area contributed by atoms with Crippen LogP contribution in [0.1, 0.15) is 91.0 Å². The van der Waals surface area contributed by atoms with E-state index in [1.807, 2.05) is 90.4 Å². The van der Waals surface area contributed by atoms with Gasteiger partial charge in [0.2, 0.25) is 11.8 Å². The Morgan fingerprint density at radius 2 is 1.55 bits per heavy atom. The quantitative estimate of drug-likeness (QED) is 0.0340. The average Bonchev–Trinajstić information content (AvgIpc) is 4.09. The Kier molecular flexibility index (Phi) is 21.2. The van der Waals surface area contributed by atoms with Crippen LogP contribution in [0.3, 0.4) is 0 Å². The molecule has 2 fully saturated rings. The van der Waals surface area contributed by atoms with Crippen LogP contribution in [0.4, 0.5) is 5.69 Å². The number of aromatic nitrogens is 2. The Morgan fingerprint density at radius 1 is 0.885 bits per heavy atom. The van der Waals surface area contributed by atoms with E-state index in [1.54, 1.807) is 16.2 Å². The van der Waals surface area contributed by atoms with Gasteiger partial charge in [-0.05, 0) is 117 Å². The molecule has 3 amide bonds. The van der Waals surface area contributed by atoms with Gasteiger partial charge in [0.1, 0.15) is 25.0 Å².